The Morgan fingerprint density at radius 2 is 2.47 bits per heavy atom. The normalized spacial score (nSPS) is 12.9. The van der Waals surface area contributed by atoms with Crippen LogP contribution in [0.25, 0.3) is 0 Å². The molecule has 0 aromatic carbocycles. The van der Waals surface area contributed by atoms with Gasteiger partial charge in [-0.25, -0.2) is 13.1 Å². The summed E-state index contributed by atoms with van der Waals surface area (Å²) in [4.78, 5) is 0.0435. The third-order valence-corrected chi connectivity index (χ3v) is 3.01. The molecule has 0 saturated carbocycles. The first-order valence-electron chi connectivity index (χ1n) is 4.01. The van der Waals surface area contributed by atoms with Gasteiger partial charge in [-0.05, 0) is 0 Å². The van der Waals surface area contributed by atoms with Crippen molar-refractivity contribution in [3.05, 3.63) is 12.4 Å². The number of nitrogens with zero attached hydrogens (tertiary/aromatic N) is 2. The highest BCUT2D eigenvalue weighted by Crippen LogP contribution is 2.03. The van der Waals surface area contributed by atoms with Crippen molar-refractivity contribution in [1.29, 1.82) is 0 Å². The van der Waals surface area contributed by atoms with Crippen LogP contribution in [0.4, 0.5) is 0 Å². The van der Waals surface area contributed by atoms with Gasteiger partial charge in [0.25, 0.3) is 0 Å². The van der Waals surface area contributed by atoms with Crippen molar-refractivity contribution in [2.24, 2.45) is 10.9 Å². The molecule has 0 radical (unpaired) electrons. The van der Waals surface area contributed by atoms with Gasteiger partial charge in [0, 0.05) is 19.2 Å². The summed E-state index contributed by atoms with van der Waals surface area (Å²) in [6, 6.07) is 0. The van der Waals surface area contributed by atoms with Crippen LogP contribution >= 0.6 is 0 Å². The maximum absolute atomic E-state index is 11.4. The first-order chi connectivity index (χ1) is 7.06. The summed E-state index contributed by atoms with van der Waals surface area (Å²) < 4.78 is 25.2. The SMILES string of the molecule is NC(CCNS(=O)(=O)c1cn[nH]c1)=NO. The fourth-order valence-electron chi connectivity index (χ4n) is 0.833. The molecule has 0 unspecified atom stereocenters. The fraction of sp³-hybridized carbons (Fsp3) is 0.333. The van der Waals surface area contributed by atoms with Crippen LogP contribution in [-0.4, -0.2) is 36.2 Å². The lowest BCUT2D eigenvalue weighted by atomic mass is 10.4. The smallest absolute Gasteiger partial charge is 0.243 e. The molecule has 8 nitrogen and oxygen atoms in total. The average Bonchev–Trinajstić information content (AvgIpc) is 2.70. The minimum atomic E-state index is -3.56. The molecule has 9 heteroatoms. The molecule has 15 heavy (non-hydrogen) atoms. The monoisotopic (exact) mass is 233 g/mol. The van der Waals surface area contributed by atoms with Gasteiger partial charge in [0.15, 0.2) is 0 Å². The number of nitrogens with two attached hydrogens (primary N) is 1. The van der Waals surface area contributed by atoms with E-state index in [0.717, 1.165) is 0 Å². The fourth-order valence-corrected chi connectivity index (χ4v) is 1.77. The standard InChI is InChI=1S/C6H11N5O3S/c7-6(11-12)1-2-10-15(13,14)5-3-8-9-4-5/h3-4,10,12H,1-2H2,(H2,7,11)(H,8,9). The second kappa shape index (κ2) is 4.75. The highest BCUT2D eigenvalue weighted by Gasteiger charge is 2.14. The number of rotatable bonds is 5. The highest BCUT2D eigenvalue weighted by atomic mass is 32.2. The number of sulfonamides is 1. The van der Waals surface area contributed by atoms with Crippen LogP contribution in [-0.2, 0) is 10.0 Å². The minimum Gasteiger partial charge on any atom is -0.409 e. The lowest BCUT2D eigenvalue weighted by Gasteiger charge is -2.02. The molecule has 0 aliphatic rings. The largest absolute Gasteiger partial charge is 0.409 e. The molecule has 0 saturated heterocycles. The predicted octanol–water partition coefficient (Wildman–Crippen LogP) is -1.18. The molecule has 1 aromatic rings. The summed E-state index contributed by atoms with van der Waals surface area (Å²) in [5.74, 6) is -0.0371. The molecule has 1 heterocycles. The van der Waals surface area contributed by atoms with E-state index in [1.165, 1.54) is 12.4 Å². The number of amidine groups is 1. The van der Waals surface area contributed by atoms with Gasteiger partial charge in [-0.15, -0.1) is 0 Å². The molecule has 0 fully saturated rings. The Morgan fingerprint density at radius 1 is 1.73 bits per heavy atom. The van der Waals surface area contributed by atoms with Crippen LogP contribution in [0.5, 0.6) is 0 Å². The van der Waals surface area contributed by atoms with E-state index >= 15 is 0 Å². The number of oxime groups is 1. The van der Waals surface area contributed by atoms with E-state index in [4.69, 9.17) is 10.9 Å². The van der Waals surface area contributed by atoms with Gasteiger partial charge in [-0.2, -0.15) is 5.10 Å². The topological polar surface area (TPSA) is 133 Å². The first kappa shape index (κ1) is 11.5. The van der Waals surface area contributed by atoms with Crippen molar-refractivity contribution in [3.63, 3.8) is 0 Å². The summed E-state index contributed by atoms with van der Waals surface area (Å²) in [7, 11) is -3.56. The van der Waals surface area contributed by atoms with Gasteiger partial charge < -0.3 is 10.9 Å². The van der Waals surface area contributed by atoms with Gasteiger partial charge >= 0.3 is 0 Å². The van der Waals surface area contributed by atoms with Crippen LogP contribution < -0.4 is 10.5 Å². The van der Waals surface area contributed by atoms with Gasteiger partial charge in [0.1, 0.15) is 10.7 Å². The summed E-state index contributed by atoms with van der Waals surface area (Å²) in [5, 5.41) is 16.8. The second-order valence-electron chi connectivity index (χ2n) is 2.67. The molecular weight excluding hydrogens is 222 g/mol. The molecule has 0 amide bonds. The van der Waals surface area contributed by atoms with E-state index < -0.39 is 10.0 Å². The number of aromatic nitrogens is 2. The molecule has 0 bridgehead atoms. The molecule has 1 aromatic heterocycles. The Labute approximate surface area is 86.2 Å². The Hall–Kier alpha value is -1.61. The van der Waals surface area contributed by atoms with Crippen molar-refractivity contribution in [2.75, 3.05) is 6.54 Å². The molecule has 5 N–H and O–H groups in total. The lowest BCUT2D eigenvalue weighted by molar-refractivity contribution is 0.317. The zero-order chi connectivity index (χ0) is 11.3. The number of aromatic amines is 1. The molecule has 0 aliphatic carbocycles. The Balaban J connectivity index is 2.52. The lowest BCUT2D eigenvalue weighted by Crippen LogP contribution is -2.27. The van der Waals surface area contributed by atoms with Crippen molar-refractivity contribution < 1.29 is 13.6 Å². The van der Waals surface area contributed by atoms with E-state index in [9.17, 15) is 8.42 Å². The first-order valence-corrected chi connectivity index (χ1v) is 5.49. The maximum Gasteiger partial charge on any atom is 0.243 e. The third-order valence-electron chi connectivity index (χ3n) is 1.59. The van der Waals surface area contributed by atoms with E-state index in [0.29, 0.717) is 0 Å². The number of H-pyrrole nitrogens is 1. The number of nitrogens with one attached hydrogen (secondary N) is 2. The van der Waals surface area contributed by atoms with Crippen molar-refractivity contribution in [3.8, 4) is 0 Å². The van der Waals surface area contributed by atoms with Gasteiger partial charge in [0.2, 0.25) is 10.0 Å². The van der Waals surface area contributed by atoms with Crippen LogP contribution in [0.1, 0.15) is 6.42 Å². The molecule has 0 atom stereocenters. The average molecular weight is 233 g/mol. The zero-order valence-electron chi connectivity index (χ0n) is 7.71. The van der Waals surface area contributed by atoms with Gasteiger partial charge in [-0.3, -0.25) is 5.10 Å². The second-order valence-corrected chi connectivity index (χ2v) is 4.44. The van der Waals surface area contributed by atoms with E-state index in [2.05, 4.69) is 20.1 Å². The van der Waals surface area contributed by atoms with Crippen LogP contribution in [0.15, 0.2) is 22.4 Å². The van der Waals surface area contributed by atoms with Gasteiger partial charge in [-0.1, -0.05) is 5.16 Å². The molecule has 1 rings (SSSR count). The van der Waals surface area contributed by atoms with E-state index in [1.807, 2.05) is 0 Å². The predicted molar refractivity (Wildman–Crippen MR) is 51.8 cm³/mol. The summed E-state index contributed by atoms with van der Waals surface area (Å²) in [5.41, 5.74) is 5.17. The molecule has 0 aliphatic heterocycles. The van der Waals surface area contributed by atoms with E-state index in [1.54, 1.807) is 0 Å². The van der Waals surface area contributed by atoms with Crippen LogP contribution in [0.3, 0.4) is 0 Å². The quantitative estimate of drug-likeness (QED) is 0.220. The molecule has 84 valence electrons. The highest BCUT2D eigenvalue weighted by molar-refractivity contribution is 7.89. The van der Waals surface area contributed by atoms with Crippen LogP contribution in [0, 0.1) is 0 Å². The van der Waals surface area contributed by atoms with E-state index in [-0.39, 0.29) is 23.7 Å². The maximum atomic E-state index is 11.4. The summed E-state index contributed by atoms with van der Waals surface area (Å²) >= 11 is 0. The van der Waals surface area contributed by atoms with Crippen molar-refractivity contribution in [2.45, 2.75) is 11.3 Å². The van der Waals surface area contributed by atoms with Crippen molar-refractivity contribution >= 4 is 15.9 Å². The number of hydrogen-bond acceptors (Lipinski definition) is 5. The third kappa shape index (κ3) is 3.22. The Morgan fingerprint density at radius 3 is 3.00 bits per heavy atom. The van der Waals surface area contributed by atoms with Crippen LogP contribution in [0.2, 0.25) is 0 Å². The molecular formula is C6H11N5O3S. The van der Waals surface area contributed by atoms with Crippen molar-refractivity contribution in [1.82, 2.24) is 14.9 Å². The number of hydrogen-bond donors (Lipinski definition) is 4. The Bertz CT molecular complexity index is 424. The zero-order valence-corrected chi connectivity index (χ0v) is 8.53. The molecule has 0 spiro atoms. The Kier molecular flexibility index (Phi) is 3.63. The summed E-state index contributed by atoms with van der Waals surface area (Å²) in [6.45, 7) is 0.0589. The van der Waals surface area contributed by atoms with Gasteiger partial charge in [0.05, 0.1) is 6.20 Å². The minimum absolute atomic E-state index is 0.0371. The summed E-state index contributed by atoms with van der Waals surface area (Å²) in [6.07, 6.45) is 2.57.